The van der Waals surface area contributed by atoms with Gasteiger partial charge < -0.3 is 10.6 Å². The molecule has 0 unspecified atom stereocenters. The second-order valence-corrected chi connectivity index (χ2v) is 6.35. The maximum Gasteiger partial charge on any atom is 0.258 e. The number of hydrogen-bond donors (Lipinski definition) is 1. The van der Waals surface area contributed by atoms with Crippen molar-refractivity contribution in [3.63, 3.8) is 0 Å². The van der Waals surface area contributed by atoms with Crippen LogP contribution in [0.3, 0.4) is 0 Å². The first kappa shape index (κ1) is 16.0. The lowest BCUT2D eigenvalue weighted by molar-refractivity contribution is 0.0779. The van der Waals surface area contributed by atoms with Crippen LogP contribution in [0.15, 0.2) is 36.7 Å². The molecule has 1 aliphatic heterocycles. The number of nitriles is 1. The minimum atomic E-state index is -0.0488. The summed E-state index contributed by atoms with van der Waals surface area (Å²) in [5.41, 5.74) is 10.9. The Morgan fingerprint density at radius 2 is 2.19 bits per heavy atom. The molecule has 6 nitrogen and oxygen atoms in total. The number of fused-ring (bicyclic) bond motifs is 2. The van der Waals surface area contributed by atoms with Gasteiger partial charge in [-0.2, -0.15) is 5.26 Å². The zero-order chi connectivity index (χ0) is 18.3. The van der Waals surface area contributed by atoms with Crippen LogP contribution in [-0.4, -0.2) is 27.3 Å². The largest absolute Gasteiger partial charge is 0.397 e. The maximum absolute atomic E-state index is 12.6. The predicted molar refractivity (Wildman–Crippen MR) is 99.1 cm³/mol. The molecule has 3 heterocycles. The van der Waals surface area contributed by atoms with Crippen LogP contribution in [0.1, 0.15) is 35.0 Å². The number of para-hydroxylation sites is 1. The summed E-state index contributed by atoms with van der Waals surface area (Å²) in [6, 6.07) is 9.57. The molecular weight excluding hydrogens is 326 g/mol. The third-order valence-electron chi connectivity index (χ3n) is 4.64. The van der Waals surface area contributed by atoms with Crippen LogP contribution in [0.5, 0.6) is 0 Å². The molecule has 0 saturated carbocycles. The van der Waals surface area contributed by atoms with Crippen molar-refractivity contribution in [2.24, 2.45) is 0 Å². The van der Waals surface area contributed by atoms with Crippen molar-refractivity contribution in [3.05, 3.63) is 53.5 Å². The van der Waals surface area contributed by atoms with Crippen molar-refractivity contribution >= 4 is 22.5 Å². The van der Waals surface area contributed by atoms with Gasteiger partial charge in [0.05, 0.1) is 34.6 Å². The van der Waals surface area contributed by atoms with Crippen LogP contribution < -0.4 is 5.73 Å². The number of hydrogen-bond acceptors (Lipinski definition) is 5. The number of amides is 1. The number of nitrogens with zero attached hydrogens (tertiary/aromatic N) is 4. The highest BCUT2D eigenvalue weighted by Crippen LogP contribution is 2.36. The third kappa shape index (κ3) is 2.37. The second kappa shape index (κ2) is 6.12. The third-order valence-corrected chi connectivity index (χ3v) is 4.64. The summed E-state index contributed by atoms with van der Waals surface area (Å²) in [7, 11) is 0. The summed E-state index contributed by atoms with van der Waals surface area (Å²) in [5, 5.41) is 9.88. The van der Waals surface area contributed by atoms with Gasteiger partial charge in [0.15, 0.2) is 0 Å². The van der Waals surface area contributed by atoms with E-state index in [4.69, 9.17) is 16.0 Å². The lowest BCUT2D eigenvalue weighted by atomic mass is 9.99. The Bertz CT molecular complexity index is 1080. The summed E-state index contributed by atoms with van der Waals surface area (Å²) in [5.74, 6) is -0.0488. The molecule has 0 saturated heterocycles. The molecule has 128 valence electrons. The molecule has 0 fully saturated rings. The molecule has 2 aromatic heterocycles. The van der Waals surface area contributed by atoms with Crippen molar-refractivity contribution in [3.8, 4) is 17.2 Å². The highest BCUT2D eigenvalue weighted by molar-refractivity contribution is 6.11. The number of nitrogens with two attached hydrogens (primary N) is 1. The lowest BCUT2D eigenvalue weighted by Crippen LogP contribution is -2.24. The molecule has 1 amide bonds. The summed E-state index contributed by atoms with van der Waals surface area (Å²) < 4.78 is 0. The van der Waals surface area contributed by atoms with E-state index >= 15 is 0 Å². The van der Waals surface area contributed by atoms with E-state index in [1.165, 1.54) is 6.20 Å². The van der Waals surface area contributed by atoms with Gasteiger partial charge in [-0.1, -0.05) is 25.1 Å². The maximum atomic E-state index is 12.6. The quantitative estimate of drug-likeness (QED) is 0.788. The van der Waals surface area contributed by atoms with Crippen LogP contribution in [0, 0.1) is 11.3 Å². The number of pyridine rings is 2. The SMILES string of the molecule is CCCN1Cc2nc3c(-c4cncc(C#N)c4)cccc3c(N)c2C1=O. The molecule has 6 heteroatoms. The smallest absolute Gasteiger partial charge is 0.258 e. The fourth-order valence-corrected chi connectivity index (χ4v) is 3.46. The minimum Gasteiger partial charge on any atom is -0.397 e. The van der Waals surface area contributed by atoms with Crippen LogP contribution in [-0.2, 0) is 6.54 Å². The Morgan fingerprint density at radius 1 is 1.35 bits per heavy atom. The van der Waals surface area contributed by atoms with E-state index in [0.717, 1.165) is 28.5 Å². The average Bonchev–Trinajstić information content (AvgIpc) is 2.98. The second-order valence-electron chi connectivity index (χ2n) is 6.35. The van der Waals surface area contributed by atoms with E-state index in [1.54, 1.807) is 17.2 Å². The molecule has 0 spiro atoms. The zero-order valence-corrected chi connectivity index (χ0v) is 14.4. The standard InChI is InChI=1S/C20H17N5O/c1-2-6-25-11-16-17(20(25)26)18(22)15-5-3-4-14(19(15)24-16)13-7-12(8-21)9-23-10-13/h3-5,7,9-10H,2,6,11H2,1H3,(H2,22,24). The number of benzene rings is 1. The van der Waals surface area contributed by atoms with Gasteiger partial charge in [0.2, 0.25) is 0 Å². The van der Waals surface area contributed by atoms with Crippen LogP contribution in [0.2, 0.25) is 0 Å². The van der Waals surface area contributed by atoms with E-state index in [0.29, 0.717) is 35.6 Å². The fraction of sp³-hybridized carbons (Fsp3) is 0.200. The Labute approximate surface area is 150 Å². The number of anilines is 1. The molecule has 26 heavy (non-hydrogen) atoms. The number of carbonyl (C=O) groups excluding carboxylic acids is 1. The summed E-state index contributed by atoms with van der Waals surface area (Å²) in [4.78, 5) is 23.3. The molecule has 4 rings (SSSR count). The topological polar surface area (TPSA) is 95.9 Å². The van der Waals surface area contributed by atoms with Gasteiger partial charge in [-0.3, -0.25) is 9.78 Å². The summed E-state index contributed by atoms with van der Waals surface area (Å²) in [6.07, 6.45) is 4.11. The Balaban J connectivity index is 1.94. The summed E-state index contributed by atoms with van der Waals surface area (Å²) >= 11 is 0. The van der Waals surface area contributed by atoms with Crippen LogP contribution in [0.25, 0.3) is 22.0 Å². The van der Waals surface area contributed by atoms with Gasteiger partial charge >= 0.3 is 0 Å². The molecule has 1 aliphatic rings. The number of carbonyl (C=O) groups is 1. The van der Waals surface area contributed by atoms with Crippen LogP contribution in [0.4, 0.5) is 5.69 Å². The molecular formula is C20H17N5O. The first-order valence-electron chi connectivity index (χ1n) is 8.50. The monoisotopic (exact) mass is 343 g/mol. The zero-order valence-electron chi connectivity index (χ0n) is 14.4. The molecule has 0 atom stereocenters. The van der Waals surface area contributed by atoms with Crippen molar-refractivity contribution in [2.75, 3.05) is 12.3 Å². The highest BCUT2D eigenvalue weighted by Gasteiger charge is 2.31. The Hall–Kier alpha value is -3.46. The van der Waals surface area contributed by atoms with Gasteiger partial charge in [0.25, 0.3) is 5.91 Å². The van der Waals surface area contributed by atoms with Crippen molar-refractivity contribution < 1.29 is 4.79 Å². The molecule has 1 aromatic carbocycles. The molecule has 0 bridgehead atoms. The lowest BCUT2D eigenvalue weighted by Gasteiger charge is -2.13. The minimum absolute atomic E-state index is 0.0488. The number of nitrogen functional groups attached to an aromatic ring is 1. The first-order valence-corrected chi connectivity index (χ1v) is 8.50. The average molecular weight is 343 g/mol. The predicted octanol–water partition coefficient (Wildman–Crippen LogP) is 3.12. The fourth-order valence-electron chi connectivity index (χ4n) is 3.46. The van der Waals surface area contributed by atoms with Gasteiger partial charge in [0.1, 0.15) is 6.07 Å². The Kier molecular flexibility index (Phi) is 3.77. The normalized spacial score (nSPS) is 13.1. The van der Waals surface area contributed by atoms with E-state index in [1.807, 2.05) is 25.1 Å². The first-order chi connectivity index (χ1) is 12.6. The number of rotatable bonds is 3. The van der Waals surface area contributed by atoms with Gasteiger partial charge in [0, 0.05) is 35.5 Å². The van der Waals surface area contributed by atoms with E-state index in [-0.39, 0.29) is 5.91 Å². The van der Waals surface area contributed by atoms with Gasteiger partial charge in [-0.25, -0.2) is 4.98 Å². The van der Waals surface area contributed by atoms with Crippen LogP contribution >= 0.6 is 0 Å². The highest BCUT2D eigenvalue weighted by atomic mass is 16.2. The number of aromatic nitrogens is 2. The van der Waals surface area contributed by atoms with Crippen molar-refractivity contribution in [1.29, 1.82) is 5.26 Å². The Morgan fingerprint density at radius 3 is 2.96 bits per heavy atom. The molecule has 2 N–H and O–H groups in total. The van der Waals surface area contributed by atoms with E-state index in [2.05, 4.69) is 11.1 Å². The van der Waals surface area contributed by atoms with Gasteiger partial charge in [-0.15, -0.1) is 0 Å². The van der Waals surface area contributed by atoms with Gasteiger partial charge in [-0.05, 0) is 12.5 Å². The molecule has 0 aliphatic carbocycles. The van der Waals surface area contributed by atoms with E-state index in [9.17, 15) is 4.79 Å². The summed E-state index contributed by atoms with van der Waals surface area (Å²) in [6.45, 7) is 3.20. The van der Waals surface area contributed by atoms with E-state index < -0.39 is 0 Å². The molecule has 3 aromatic rings. The molecule has 0 radical (unpaired) electrons. The van der Waals surface area contributed by atoms with Crippen molar-refractivity contribution in [1.82, 2.24) is 14.9 Å². The van der Waals surface area contributed by atoms with Crippen molar-refractivity contribution in [2.45, 2.75) is 19.9 Å².